The molecule has 0 unspecified atom stereocenters. The average Bonchev–Trinajstić information content (AvgIpc) is 2.75. The number of nitrogens with one attached hydrogen (secondary N) is 2. The van der Waals surface area contributed by atoms with Gasteiger partial charge < -0.3 is 15.2 Å². The molecule has 0 fully saturated rings. The summed E-state index contributed by atoms with van der Waals surface area (Å²) >= 11 is 0. The van der Waals surface area contributed by atoms with Gasteiger partial charge in [0, 0.05) is 31.5 Å². The first-order valence-electron chi connectivity index (χ1n) is 5.64. The lowest BCUT2D eigenvalue weighted by molar-refractivity contribution is -0.139. The average molecular weight is 238 g/mol. The number of rotatable bonds is 5. The van der Waals surface area contributed by atoms with Crippen molar-refractivity contribution in [1.29, 1.82) is 0 Å². The molecule has 0 atom stereocenters. The van der Waals surface area contributed by atoms with Crippen LogP contribution in [-0.2, 0) is 16.1 Å². The summed E-state index contributed by atoms with van der Waals surface area (Å²) in [5.41, 5.74) is 0. The number of hydrogen-bond acceptors (Lipinski definition) is 3. The lowest BCUT2D eigenvalue weighted by Gasteiger charge is -2.08. The highest BCUT2D eigenvalue weighted by atomic mass is 16.2. The highest BCUT2D eigenvalue weighted by Gasteiger charge is 2.12. The zero-order valence-corrected chi connectivity index (χ0v) is 10.1. The van der Waals surface area contributed by atoms with Crippen LogP contribution in [0.5, 0.6) is 0 Å². The van der Waals surface area contributed by atoms with Crippen LogP contribution in [-0.4, -0.2) is 34.0 Å². The number of amides is 2. The fraction of sp³-hybridized carbons (Fsp3) is 0.545. The number of carbonyl (C=O) groups excluding carboxylic acids is 2. The molecule has 0 aromatic carbocycles. The van der Waals surface area contributed by atoms with Crippen LogP contribution in [0, 0.1) is 0 Å². The second-order valence-corrected chi connectivity index (χ2v) is 4.04. The predicted octanol–water partition coefficient (Wildman–Crippen LogP) is -0.0860. The maximum atomic E-state index is 11.3. The number of aromatic nitrogens is 2. The van der Waals surface area contributed by atoms with Crippen LogP contribution in [0.4, 0.5) is 0 Å². The monoisotopic (exact) mass is 238 g/mol. The zero-order valence-electron chi connectivity index (χ0n) is 10.1. The SMILES string of the molecule is CC(C)NC(=O)C(=O)NCCCn1ccnc1. The summed E-state index contributed by atoms with van der Waals surface area (Å²) in [5.74, 6) is -1.16. The Kier molecular flexibility index (Phi) is 5.19. The van der Waals surface area contributed by atoms with Crippen LogP contribution in [0.1, 0.15) is 20.3 Å². The number of aryl methyl sites for hydroxylation is 1. The Bertz CT molecular complexity index is 360. The van der Waals surface area contributed by atoms with E-state index >= 15 is 0 Å². The molecule has 1 heterocycles. The molecule has 0 bridgehead atoms. The summed E-state index contributed by atoms with van der Waals surface area (Å²) in [5, 5.41) is 5.10. The van der Waals surface area contributed by atoms with Gasteiger partial charge in [-0.15, -0.1) is 0 Å². The molecule has 6 nitrogen and oxygen atoms in total. The topological polar surface area (TPSA) is 76.0 Å². The van der Waals surface area contributed by atoms with Gasteiger partial charge in [0.25, 0.3) is 0 Å². The van der Waals surface area contributed by atoms with E-state index in [1.807, 2.05) is 24.6 Å². The van der Waals surface area contributed by atoms with Crippen molar-refractivity contribution in [1.82, 2.24) is 20.2 Å². The largest absolute Gasteiger partial charge is 0.348 e. The molecule has 2 amide bonds. The van der Waals surface area contributed by atoms with Crippen molar-refractivity contribution in [2.75, 3.05) is 6.54 Å². The molecule has 0 aliphatic heterocycles. The van der Waals surface area contributed by atoms with E-state index in [1.165, 1.54) is 0 Å². The van der Waals surface area contributed by atoms with Crippen LogP contribution in [0.25, 0.3) is 0 Å². The standard InChI is InChI=1S/C11H18N4O2/c1-9(2)14-11(17)10(16)13-4-3-6-15-7-5-12-8-15/h5,7-9H,3-4,6H2,1-2H3,(H,13,16)(H,14,17). The molecule has 1 aromatic rings. The molecule has 0 saturated carbocycles. The molecule has 6 heteroatoms. The van der Waals surface area contributed by atoms with Crippen LogP contribution in [0.15, 0.2) is 18.7 Å². The fourth-order valence-corrected chi connectivity index (χ4v) is 1.29. The highest BCUT2D eigenvalue weighted by molar-refractivity contribution is 6.35. The predicted molar refractivity (Wildman–Crippen MR) is 63.1 cm³/mol. The van der Waals surface area contributed by atoms with Gasteiger partial charge in [-0.1, -0.05) is 0 Å². The minimum absolute atomic E-state index is 0.0285. The summed E-state index contributed by atoms with van der Waals surface area (Å²) in [6.07, 6.45) is 6.03. The van der Waals surface area contributed by atoms with Gasteiger partial charge in [-0.2, -0.15) is 0 Å². The molecule has 0 aliphatic rings. The summed E-state index contributed by atoms with van der Waals surface area (Å²) in [6.45, 7) is 4.86. The van der Waals surface area contributed by atoms with Gasteiger partial charge in [-0.3, -0.25) is 9.59 Å². The van der Waals surface area contributed by atoms with Crippen LogP contribution in [0.2, 0.25) is 0 Å². The third-order valence-corrected chi connectivity index (χ3v) is 2.06. The molecule has 0 radical (unpaired) electrons. The van der Waals surface area contributed by atoms with Crippen LogP contribution >= 0.6 is 0 Å². The number of hydrogen-bond donors (Lipinski definition) is 2. The van der Waals surface area contributed by atoms with Gasteiger partial charge >= 0.3 is 11.8 Å². The van der Waals surface area contributed by atoms with E-state index in [-0.39, 0.29) is 6.04 Å². The third kappa shape index (κ3) is 5.14. The van der Waals surface area contributed by atoms with Gasteiger partial charge in [0.05, 0.1) is 6.33 Å². The smallest absolute Gasteiger partial charge is 0.309 e. The second-order valence-electron chi connectivity index (χ2n) is 4.04. The van der Waals surface area contributed by atoms with E-state index in [0.29, 0.717) is 6.54 Å². The third-order valence-electron chi connectivity index (χ3n) is 2.06. The van der Waals surface area contributed by atoms with Gasteiger partial charge in [-0.25, -0.2) is 4.98 Å². The van der Waals surface area contributed by atoms with Gasteiger partial charge in [0.1, 0.15) is 0 Å². The molecule has 0 spiro atoms. The number of imidazole rings is 1. The highest BCUT2D eigenvalue weighted by Crippen LogP contribution is 1.89. The normalized spacial score (nSPS) is 10.3. The Morgan fingerprint density at radius 1 is 1.35 bits per heavy atom. The Balaban J connectivity index is 2.14. The van der Waals surface area contributed by atoms with Crippen molar-refractivity contribution in [3.8, 4) is 0 Å². The fourth-order valence-electron chi connectivity index (χ4n) is 1.29. The molecule has 0 aliphatic carbocycles. The van der Waals surface area contributed by atoms with E-state index < -0.39 is 11.8 Å². The quantitative estimate of drug-likeness (QED) is 0.556. The van der Waals surface area contributed by atoms with Gasteiger partial charge in [0.2, 0.25) is 0 Å². The molecular weight excluding hydrogens is 220 g/mol. The Labute approximate surface area is 100 Å². The lowest BCUT2D eigenvalue weighted by atomic mass is 10.3. The summed E-state index contributed by atoms with van der Waals surface area (Å²) < 4.78 is 1.92. The minimum atomic E-state index is -0.581. The zero-order chi connectivity index (χ0) is 12.7. The maximum Gasteiger partial charge on any atom is 0.309 e. The molecule has 0 saturated heterocycles. The number of carbonyl (C=O) groups is 2. The molecule has 1 rings (SSSR count). The van der Waals surface area contributed by atoms with Crippen LogP contribution in [0.3, 0.4) is 0 Å². The Hall–Kier alpha value is -1.85. The Morgan fingerprint density at radius 2 is 2.12 bits per heavy atom. The second kappa shape index (κ2) is 6.67. The molecule has 1 aromatic heterocycles. The van der Waals surface area contributed by atoms with E-state index in [1.54, 1.807) is 12.5 Å². The van der Waals surface area contributed by atoms with E-state index in [9.17, 15) is 9.59 Å². The van der Waals surface area contributed by atoms with Gasteiger partial charge in [0.15, 0.2) is 0 Å². The maximum absolute atomic E-state index is 11.3. The van der Waals surface area contributed by atoms with Crippen molar-refractivity contribution >= 4 is 11.8 Å². The van der Waals surface area contributed by atoms with E-state index in [0.717, 1.165) is 13.0 Å². The Morgan fingerprint density at radius 3 is 2.71 bits per heavy atom. The molecule has 17 heavy (non-hydrogen) atoms. The van der Waals surface area contributed by atoms with Gasteiger partial charge in [-0.05, 0) is 20.3 Å². The first-order valence-corrected chi connectivity index (χ1v) is 5.64. The summed E-state index contributed by atoms with van der Waals surface area (Å²) in [4.78, 5) is 26.4. The number of nitrogens with zero attached hydrogens (tertiary/aromatic N) is 2. The van der Waals surface area contributed by atoms with Crippen molar-refractivity contribution in [3.63, 3.8) is 0 Å². The minimum Gasteiger partial charge on any atom is -0.348 e. The van der Waals surface area contributed by atoms with Crippen molar-refractivity contribution < 1.29 is 9.59 Å². The van der Waals surface area contributed by atoms with E-state index in [2.05, 4.69) is 15.6 Å². The molecule has 2 N–H and O–H groups in total. The summed E-state index contributed by atoms with van der Waals surface area (Å²) in [7, 11) is 0. The van der Waals surface area contributed by atoms with Crippen molar-refractivity contribution in [2.45, 2.75) is 32.9 Å². The lowest BCUT2D eigenvalue weighted by Crippen LogP contribution is -2.43. The first kappa shape index (κ1) is 13.2. The molecule has 94 valence electrons. The van der Waals surface area contributed by atoms with E-state index in [4.69, 9.17) is 0 Å². The van der Waals surface area contributed by atoms with Crippen molar-refractivity contribution in [3.05, 3.63) is 18.7 Å². The first-order chi connectivity index (χ1) is 8.09. The summed E-state index contributed by atoms with van der Waals surface area (Å²) in [6, 6.07) is -0.0285. The van der Waals surface area contributed by atoms with Crippen LogP contribution < -0.4 is 10.6 Å². The molecular formula is C11H18N4O2. The van der Waals surface area contributed by atoms with Crippen molar-refractivity contribution in [2.24, 2.45) is 0 Å².